The number of guanidine groups is 1. The van der Waals surface area contributed by atoms with Crippen molar-refractivity contribution >= 4 is 5.96 Å². The number of nitrogens with one attached hydrogen (secondary N) is 1. The van der Waals surface area contributed by atoms with Crippen molar-refractivity contribution < 1.29 is 13.2 Å². The maximum atomic E-state index is 12.8. The molecule has 0 aromatic rings. The summed E-state index contributed by atoms with van der Waals surface area (Å²) in [7, 11) is 1.72. The van der Waals surface area contributed by atoms with Crippen molar-refractivity contribution in [2.75, 3.05) is 59.4 Å². The molecule has 0 saturated carbocycles. The lowest BCUT2D eigenvalue weighted by Gasteiger charge is -2.39. The number of hydrogen-bond donors (Lipinski definition) is 1. The van der Waals surface area contributed by atoms with E-state index >= 15 is 0 Å². The van der Waals surface area contributed by atoms with Gasteiger partial charge in [0.1, 0.15) is 6.04 Å². The number of rotatable bonds is 7. The van der Waals surface area contributed by atoms with Crippen molar-refractivity contribution in [1.82, 2.24) is 20.0 Å². The fourth-order valence-corrected chi connectivity index (χ4v) is 2.93. The summed E-state index contributed by atoms with van der Waals surface area (Å²) in [5, 5.41) is 3.33. The largest absolute Gasteiger partial charge is 0.403 e. The molecule has 1 aliphatic rings. The molecule has 0 spiro atoms. The fourth-order valence-electron chi connectivity index (χ4n) is 2.93. The summed E-state index contributed by atoms with van der Waals surface area (Å²) in [6.07, 6.45) is -3.03. The van der Waals surface area contributed by atoms with Gasteiger partial charge >= 0.3 is 6.18 Å². The zero-order chi connectivity index (χ0) is 18.2. The summed E-state index contributed by atoms with van der Waals surface area (Å²) < 4.78 is 38.4. The summed E-state index contributed by atoms with van der Waals surface area (Å²) in [5.41, 5.74) is 0. The summed E-state index contributed by atoms with van der Waals surface area (Å²) in [6, 6.07) is -1.39. The van der Waals surface area contributed by atoms with E-state index in [0.717, 1.165) is 38.6 Å². The van der Waals surface area contributed by atoms with Crippen molar-refractivity contribution in [2.45, 2.75) is 39.4 Å². The van der Waals surface area contributed by atoms with E-state index in [2.05, 4.69) is 29.1 Å². The van der Waals surface area contributed by atoms with Gasteiger partial charge in [-0.2, -0.15) is 13.2 Å². The van der Waals surface area contributed by atoms with Gasteiger partial charge in [-0.1, -0.05) is 13.8 Å². The maximum absolute atomic E-state index is 12.8. The lowest BCUT2D eigenvalue weighted by Crippen LogP contribution is -2.57. The van der Waals surface area contributed by atoms with E-state index in [4.69, 9.17) is 0 Å². The molecule has 24 heavy (non-hydrogen) atoms. The number of nitrogens with zero attached hydrogens (tertiary/aromatic N) is 4. The number of halogens is 3. The monoisotopic (exact) mass is 351 g/mol. The van der Waals surface area contributed by atoms with Crippen LogP contribution in [0.15, 0.2) is 4.99 Å². The molecule has 8 heteroatoms. The van der Waals surface area contributed by atoms with Gasteiger partial charge in [-0.25, -0.2) is 0 Å². The molecular formula is C16H32F3N5. The zero-order valence-electron chi connectivity index (χ0n) is 15.4. The summed E-state index contributed by atoms with van der Waals surface area (Å²) in [4.78, 5) is 10.2. The van der Waals surface area contributed by atoms with E-state index in [9.17, 15) is 13.2 Å². The Balaban J connectivity index is 2.41. The van der Waals surface area contributed by atoms with Gasteiger partial charge in [-0.3, -0.25) is 9.89 Å². The van der Waals surface area contributed by atoms with E-state index in [1.165, 1.54) is 11.8 Å². The molecule has 1 heterocycles. The SMILES string of the molecule is CCCN(CC)CCNC(=NC)N1CCN(C(C)C(F)(F)F)CC1. The highest BCUT2D eigenvalue weighted by Gasteiger charge is 2.41. The second kappa shape index (κ2) is 10.1. The molecule has 0 radical (unpaired) electrons. The van der Waals surface area contributed by atoms with Gasteiger partial charge in [0.05, 0.1) is 0 Å². The van der Waals surface area contributed by atoms with Gasteiger partial charge in [0, 0.05) is 46.3 Å². The lowest BCUT2D eigenvalue weighted by atomic mass is 10.2. The maximum Gasteiger partial charge on any atom is 0.403 e. The molecule has 1 N–H and O–H groups in total. The Morgan fingerprint density at radius 1 is 1.17 bits per heavy atom. The Labute approximate surface area is 143 Å². The van der Waals surface area contributed by atoms with E-state index in [1.807, 2.05) is 4.90 Å². The van der Waals surface area contributed by atoms with Crippen LogP contribution < -0.4 is 5.32 Å². The highest BCUT2D eigenvalue weighted by molar-refractivity contribution is 5.80. The third kappa shape index (κ3) is 6.47. The summed E-state index contributed by atoms with van der Waals surface area (Å²) >= 11 is 0. The molecule has 1 atom stereocenters. The fraction of sp³-hybridized carbons (Fsp3) is 0.938. The Morgan fingerprint density at radius 3 is 2.25 bits per heavy atom. The molecule has 0 amide bonds. The Bertz CT molecular complexity index is 378. The van der Waals surface area contributed by atoms with Crippen LogP contribution in [0.1, 0.15) is 27.2 Å². The van der Waals surface area contributed by atoms with Crippen molar-refractivity contribution in [3.63, 3.8) is 0 Å². The van der Waals surface area contributed by atoms with Crippen LogP contribution >= 0.6 is 0 Å². The highest BCUT2D eigenvalue weighted by atomic mass is 19.4. The molecule has 5 nitrogen and oxygen atoms in total. The second-order valence-corrected chi connectivity index (χ2v) is 6.15. The van der Waals surface area contributed by atoms with Crippen LogP contribution in [0.2, 0.25) is 0 Å². The van der Waals surface area contributed by atoms with E-state index in [-0.39, 0.29) is 0 Å². The normalized spacial score (nSPS) is 19.0. The Morgan fingerprint density at radius 2 is 1.79 bits per heavy atom. The van der Waals surface area contributed by atoms with E-state index in [1.54, 1.807) is 7.05 Å². The number of piperazine rings is 1. The van der Waals surface area contributed by atoms with Crippen LogP contribution in [0.25, 0.3) is 0 Å². The first kappa shape index (κ1) is 21.0. The highest BCUT2D eigenvalue weighted by Crippen LogP contribution is 2.25. The first-order valence-corrected chi connectivity index (χ1v) is 8.82. The molecule has 0 aromatic heterocycles. The Kier molecular flexibility index (Phi) is 8.83. The molecule has 142 valence electrons. The molecule has 1 aliphatic heterocycles. The molecule has 0 aromatic carbocycles. The van der Waals surface area contributed by atoms with Gasteiger partial charge in [0.15, 0.2) is 5.96 Å². The van der Waals surface area contributed by atoms with Gasteiger partial charge in [-0.05, 0) is 26.4 Å². The molecule has 1 fully saturated rings. The number of hydrogen-bond acceptors (Lipinski definition) is 3. The molecule has 1 unspecified atom stereocenters. The quantitative estimate of drug-likeness (QED) is 0.561. The number of alkyl halides is 3. The lowest BCUT2D eigenvalue weighted by molar-refractivity contribution is -0.181. The van der Waals surface area contributed by atoms with Crippen LogP contribution in [0.3, 0.4) is 0 Å². The van der Waals surface area contributed by atoms with Gasteiger partial charge in [-0.15, -0.1) is 0 Å². The molecule has 0 aliphatic carbocycles. The van der Waals surface area contributed by atoms with Gasteiger partial charge < -0.3 is 15.1 Å². The molecule has 0 bridgehead atoms. The minimum atomic E-state index is -4.16. The summed E-state index contributed by atoms with van der Waals surface area (Å²) in [6.45, 7) is 11.3. The standard InChI is InChI=1S/C16H32F3N5/c1-5-8-22(6-2)9-7-21-15(20-4)24-12-10-23(11-13-24)14(3)16(17,18)19/h14H,5-13H2,1-4H3,(H,20,21). The van der Waals surface area contributed by atoms with Gasteiger partial charge in [0.25, 0.3) is 0 Å². The van der Waals surface area contributed by atoms with Crippen molar-refractivity contribution in [2.24, 2.45) is 4.99 Å². The topological polar surface area (TPSA) is 34.1 Å². The Hall–Kier alpha value is -1.02. The van der Waals surface area contributed by atoms with Gasteiger partial charge in [0.2, 0.25) is 0 Å². The molecule has 1 rings (SSSR count). The molecular weight excluding hydrogens is 319 g/mol. The number of likely N-dealkylation sites (N-methyl/N-ethyl adjacent to an activating group) is 1. The van der Waals surface area contributed by atoms with Crippen molar-refractivity contribution in [3.05, 3.63) is 0 Å². The summed E-state index contributed by atoms with van der Waals surface area (Å²) in [5.74, 6) is 0.780. The zero-order valence-corrected chi connectivity index (χ0v) is 15.4. The third-order valence-electron chi connectivity index (χ3n) is 4.55. The van der Waals surface area contributed by atoms with Crippen molar-refractivity contribution in [1.29, 1.82) is 0 Å². The van der Waals surface area contributed by atoms with Crippen LogP contribution in [0, 0.1) is 0 Å². The first-order valence-electron chi connectivity index (χ1n) is 8.82. The average Bonchev–Trinajstić information content (AvgIpc) is 2.56. The van der Waals surface area contributed by atoms with Crippen LogP contribution in [-0.4, -0.2) is 92.3 Å². The van der Waals surface area contributed by atoms with Crippen molar-refractivity contribution in [3.8, 4) is 0 Å². The smallest absolute Gasteiger partial charge is 0.355 e. The third-order valence-corrected chi connectivity index (χ3v) is 4.55. The van der Waals surface area contributed by atoms with E-state index in [0.29, 0.717) is 26.2 Å². The molecule has 1 saturated heterocycles. The van der Waals surface area contributed by atoms with Crippen LogP contribution in [-0.2, 0) is 0 Å². The van der Waals surface area contributed by atoms with E-state index < -0.39 is 12.2 Å². The second-order valence-electron chi connectivity index (χ2n) is 6.15. The number of aliphatic imine (C=N–C) groups is 1. The van der Waals surface area contributed by atoms with Crippen LogP contribution in [0.4, 0.5) is 13.2 Å². The average molecular weight is 351 g/mol. The minimum Gasteiger partial charge on any atom is -0.355 e. The predicted molar refractivity (Wildman–Crippen MR) is 92.4 cm³/mol. The predicted octanol–water partition coefficient (Wildman–Crippen LogP) is 1.86. The van der Waals surface area contributed by atoms with Crippen LogP contribution in [0.5, 0.6) is 0 Å². The minimum absolute atomic E-state index is 0.401. The first-order chi connectivity index (χ1) is 11.3.